The Bertz CT molecular complexity index is 376. The van der Waals surface area contributed by atoms with E-state index in [0.717, 1.165) is 18.2 Å². The van der Waals surface area contributed by atoms with Crippen LogP contribution in [0.4, 0.5) is 17.6 Å². The Hall–Kier alpha value is -1.30. The highest BCUT2D eigenvalue weighted by molar-refractivity contribution is 5.30. The third kappa shape index (κ3) is 5.04. The van der Waals surface area contributed by atoms with Gasteiger partial charge in [-0.1, -0.05) is 13.8 Å². The molecular formula is C11H13F4NO. The van der Waals surface area contributed by atoms with Crippen molar-refractivity contribution in [2.75, 3.05) is 0 Å². The van der Waals surface area contributed by atoms with Gasteiger partial charge >= 0.3 is 6.36 Å². The second kappa shape index (κ2) is 5.35. The zero-order valence-corrected chi connectivity index (χ0v) is 9.44. The van der Waals surface area contributed by atoms with E-state index in [0.29, 0.717) is 0 Å². The fraction of sp³-hybridized carbons (Fsp3) is 0.455. The van der Waals surface area contributed by atoms with Gasteiger partial charge in [0, 0.05) is 18.2 Å². The molecule has 0 saturated heterocycles. The van der Waals surface area contributed by atoms with E-state index in [9.17, 15) is 17.6 Å². The lowest BCUT2D eigenvalue weighted by Crippen LogP contribution is -2.22. The summed E-state index contributed by atoms with van der Waals surface area (Å²) in [6.45, 7) is 3.86. The average molecular weight is 251 g/mol. The smallest absolute Gasteiger partial charge is 0.406 e. The summed E-state index contributed by atoms with van der Waals surface area (Å²) in [6, 6.07) is 3.06. The van der Waals surface area contributed by atoms with Crippen molar-refractivity contribution < 1.29 is 22.3 Å². The van der Waals surface area contributed by atoms with Crippen molar-refractivity contribution in [3.05, 3.63) is 29.6 Å². The van der Waals surface area contributed by atoms with E-state index in [1.807, 2.05) is 13.8 Å². The third-order valence-electron chi connectivity index (χ3n) is 1.95. The predicted octanol–water partition coefficient (Wildman–Crippen LogP) is 3.22. The van der Waals surface area contributed by atoms with E-state index in [1.54, 1.807) is 0 Å². The standard InChI is InChI=1S/C11H13F4NO/c1-7(2)16-6-8-5-9(3-4-10(8)12)17-11(13,14)15/h3-5,7,16H,6H2,1-2H3. The number of alkyl halides is 3. The highest BCUT2D eigenvalue weighted by atomic mass is 19.4. The van der Waals surface area contributed by atoms with Crippen LogP contribution in [0.2, 0.25) is 0 Å². The molecule has 2 nitrogen and oxygen atoms in total. The fourth-order valence-electron chi connectivity index (χ4n) is 1.20. The molecule has 0 aliphatic rings. The molecule has 0 heterocycles. The molecule has 0 radical (unpaired) electrons. The fourth-order valence-corrected chi connectivity index (χ4v) is 1.20. The number of ether oxygens (including phenoxy) is 1. The molecule has 17 heavy (non-hydrogen) atoms. The van der Waals surface area contributed by atoms with E-state index in [1.165, 1.54) is 0 Å². The summed E-state index contributed by atoms with van der Waals surface area (Å²) in [6.07, 6.45) is -4.76. The lowest BCUT2D eigenvalue weighted by atomic mass is 10.2. The quantitative estimate of drug-likeness (QED) is 0.829. The second-order valence-electron chi connectivity index (χ2n) is 3.84. The lowest BCUT2D eigenvalue weighted by Gasteiger charge is -2.12. The Morgan fingerprint density at radius 1 is 1.29 bits per heavy atom. The molecule has 1 aromatic carbocycles. The topological polar surface area (TPSA) is 21.3 Å². The zero-order chi connectivity index (χ0) is 13.1. The van der Waals surface area contributed by atoms with Crippen LogP contribution in [0.5, 0.6) is 5.75 Å². The number of hydrogen-bond acceptors (Lipinski definition) is 2. The first-order chi connectivity index (χ1) is 7.78. The first-order valence-corrected chi connectivity index (χ1v) is 5.05. The van der Waals surface area contributed by atoms with Gasteiger partial charge in [-0.2, -0.15) is 0 Å². The number of halogens is 4. The van der Waals surface area contributed by atoms with Crippen LogP contribution >= 0.6 is 0 Å². The summed E-state index contributed by atoms with van der Waals surface area (Å²) in [7, 11) is 0. The van der Waals surface area contributed by atoms with Crippen LogP contribution in [0.1, 0.15) is 19.4 Å². The van der Waals surface area contributed by atoms with Crippen LogP contribution in [0.15, 0.2) is 18.2 Å². The molecule has 1 aromatic rings. The normalized spacial score (nSPS) is 11.9. The van der Waals surface area contributed by atoms with Gasteiger partial charge < -0.3 is 10.1 Å². The zero-order valence-electron chi connectivity index (χ0n) is 9.44. The Morgan fingerprint density at radius 2 is 1.94 bits per heavy atom. The monoisotopic (exact) mass is 251 g/mol. The minimum absolute atomic E-state index is 0.113. The maximum atomic E-state index is 13.3. The van der Waals surface area contributed by atoms with Crippen LogP contribution < -0.4 is 10.1 Å². The molecule has 0 spiro atoms. The summed E-state index contributed by atoms with van der Waals surface area (Å²) >= 11 is 0. The highest BCUT2D eigenvalue weighted by Crippen LogP contribution is 2.24. The van der Waals surface area contributed by atoms with Crippen LogP contribution in [0, 0.1) is 5.82 Å². The molecule has 1 N–H and O–H groups in total. The Balaban J connectivity index is 2.79. The second-order valence-corrected chi connectivity index (χ2v) is 3.84. The van der Waals surface area contributed by atoms with Gasteiger partial charge in [-0.3, -0.25) is 0 Å². The van der Waals surface area contributed by atoms with E-state index < -0.39 is 17.9 Å². The van der Waals surface area contributed by atoms with Gasteiger partial charge in [0.2, 0.25) is 0 Å². The minimum Gasteiger partial charge on any atom is -0.406 e. The summed E-state index contributed by atoms with van der Waals surface area (Å²) in [5.41, 5.74) is 0.139. The van der Waals surface area contributed by atoms with Gasteiger partial charge in [0.25, 0.3) is 0 Å². The van der Waals surface area contributed by atoms with Crippen molar-refractivity contribution in [1.82, 2.24) is 5.32 Å². The van der Waals surface area contributed by atoms with E-state index >= 15 is 0 Å². The van der Waals surface area contributed by atoms with Gasteiger partial charge in [0.05, 0.1) is 0 Å². The first kappa shape index (κ1) is 13.8. The summed E-state index contributed by atoms with van der Waals surface area (Å²) < 4.78 is 52.9. The molecular weight excluding hydrogens is 238 g/mol. The minimum atomic E-state index is -4.76. The van der Waals surface area contributed by atoms with Gasteiger partial charge in [0.15, 0.2) is 0 Å². The van der Waals surface area contributed by atoms with Crippen LogP contribution in [-0.2, 0) is 6.54 Å². The molecule has 0 bridgehead atoms. The van der Waals surface area contributed by atoms with E-state index in [4.69, 9.17) is 0 Å². The largest absolute Gasteiger partial charge is 0.573 e. The molecule has 6 heteroatoms. The average Bonchev–Trinajstić information content (AvgIpc) is 2.16. The van der Waals surface area contributed by atoms with Crippen molar-refractivity contribution in [1.29, 1.82) is 0 Å². The van der Waals surface area contributed by atoms with Gasteiger partial charge in [-0.05, 0) is 18.2 Å². The Kier molecular flexibility index (Phi) is 4.34. The predicted molar refractivity (Wildman–Crippen MR) is 55.1 cm³/mol. The molecule has 0 aromatic heterocycles. The lowest BCUT2D eigenvalue weighted by molar-refractivity contribution is -0.274. The van der Waals surface area contributed by atoms with Crippen LogP contribution in [0.25, 0.3) is 0 Å². The highest BCUT2D eigenvalue weighted by Gasteiger charge is 2.31. The molecule has 0 fully saturated rings. The van der Waals surface area contributed by atoms with Crippen molar-refractivity contribution in [3.8, 4) is 5.75 Å². The van der Waals surface area contributed by atoms with Crippen LogP contribution in [0.3, 0.4) is 0 Å². The number of hydrogen-bond donors (Lipinski definition) is 1. The molecule has 0 aliphatic carbocycles. The molecule has 0 amide bonds. The van der Waals surface area contributed by atoms with Gasteiger partial charge in [-0.15, -0.1) is 13.2 Å². The first-order valence-electron chi connectivity index (χ1n) is 5.05. The van der Waals surface area contributed by atoms with Crippen molar-refractivity contribution in [2.45, 2.75) is 32.8 Å². The maximum Gasteiger partial charge on any atom is 0.573 e. The number of benzene rings is 1. The molecule has 0 unspecified atom stereocenters. The number of rotatable bonds is 4. The van der Waals surface area contributed by atoms with E-state index in [2.05, 4.69) is 10.1 Å². The van der Waals surface area contributed by atoms with Crippen LogP contribution in [-0.4, -0.2) is 12.4 Å². The maximum absolute atomic E-state index is 13.3. The molecule has 0 aliphatic heterocycles. The molecule has 0 saturated carbocycles. The van der Waals surface area contributed by atoms with E-state index in [-0.39, 0.29) is 18.2 Å². The molecule has 0 atom stereocenters. The Morgan fingerprint density at radius 3 is 2.47 bits per heavy atom. The molecule has 96 valence electrons. The van der Waals surface area contributed by atoms with Gasteiger partial charge in [0.1, 0.15) is 11.6 Å². The number of nitrogens with one attached hydrogen (secondary N) is 1. The van der Waals surface area contributed by atoms with Crippen molar-refractivity contribution in [2.24, 2.45) is 0 Å². The van der Waals surface area contributed by atoms with Crippen molar-refractivity contribution in [3.63, 3.8) is 0 Å². The van der Waals surface area contributed by atoms with Gasteiger partial charge in [-0.25, -0.2) is 4.39 Å². The summed E-state index contributed by atoms with van der Waals surface area (Å²) in [5, 5.41) is 2.92. The Labute approximate surface area is 96.6 Å². The molecule has 1 rings (SSSR count). The summed E-state index contributed by atoms with van der Waals surface area (Å²) in [5.74, 6) is -0.980. The van der Waals surface area contributed by atoms with Crippen molar-refractivity contribution >= 4 is 0 Å². The third-order valence-corrected chi connectivity index (χ3v) is 1.95. The summed E-state index contributed by atoms with van der Waals surface area (Å²) in [4.78, 5) is 0. The SMILES string of the molecule is CC(C)NCc1cc(OC(F)(F)F)ccc1F.